The summed E-state index contributed by atoms with van der Waals surface area (Å²) in [7, 11) is -0.682. The highest BCUT2D eigenvalue weighted by Gasteiger charge is 2.13. The second kappa shape index (κ2) is 4.79. The summed E-state index contributed by atoms with van der Waals surface area (Å²) in [6, 6.07) is -0.375. The lowest BCUT2D eigenvalue weighted by Crippen LogP contribution is -2.42. The Bertz CT molecular complexity index is 250. The molecule has 1 aromatic heterocycles. The molecule has 0 saturated carbocycles. The molecule has 0 amide bonds. The highest BCUT2D eigenvalue weighted by molar-refractivity contribution is 6.45. The molecule has 5 nitrogen and oxygen atoms in total. The van der Waals surface area contributed by atoms with Crippen molar-refractivity contribution in [1.82, 2.24) is 15.2 Å². The zero-order valence-corrected chi connectivity index (χ0v) is 7.40. The number of nitrogens with one attached hydrogen (secondary N) is 2. The van der Waals surface area contributed by atoms with Gasteiger partial charge in [-0.05, 0) is 6.82 Å². The van der Waals surface area contributed by atoms with Crippen molar-refractivity contribution in [2.24, 2.45) is 0 Å². The fourth-order valence-electron chi connectivity index (χ4n) is 1.09. The van der Waals surface area contributed by atoms with Crippen molar-refractivity contribution in [3.63, 3.8) is 0 Å². The van der Waals surface area contributed by atoms with E-state index in [0.717, 1.165) is 12.0 Å². The van der Waals surface area contributed by atoms with E-state index in [9.17, 15) is 4.79 Å². The standard InChI is InChI=1S/C7H12BN3O2/c1-8(13)11-7(4-12)2-6-3-9-5-10-6/h3-5,7,11,13H,2H2,1H3,(H,9,10)/t7-/m1/s1. The fourth-order valence-corrected chi connectivity index (χ4v) is 1.09. The molecule has 0 aliphatic carbocycles. The number of H-pyrrole nitrogens is 1. The van der Waals surface area contributed by atoms with Crippen molar-refractivity contribution in [2.45, 2.75) is 19.3 Å². The van der Waals surface area contributed by atoms with Gasteiger partial charge < -0.3 is 20.0 Å². The molecule has 0 unspecified atom stereocenters. The van der Waals surface area contributed by atoms with E-state index in [0.29, 0.717) is 6.42 Å². The van der Waals surface area contributed by atoms with E-state index in [1.165, 1.54) is 0 Å². The van der Waals surface area contributed by atoms with Crippen LogP contribution in [0.5, 0.6) is 0 Å². The average Bonchev–Trinajstić information content (AvgIpc) is 2.55. The first kappa shape index (κ1) is 9.95. The molecular weight excluding hydrogens is 169 g/mol. The second-order valence-electron chi connectivity index (χ2n) is 2.87. The number of carbonyl (C=O) groups excluding carboxylic acids is 1. The molecule has 6 heteroatoms. The van der Waals surface area contributed by atoms with E-state index in [1.807, 2.05) is 0 Å². The van der Waals surface area contributed by atoms with Gasteiger partial charge >= 0.3 is 7.05 Å². The van der Waals surface area contributed by atoms with Crippen LogP contribution in [0.1, 0.15) is 5.69 Å². The predicted octanol–water partition coefficient (Wildman–Crippen LogP) is -0.780. The highest BCUT2D eigenvalue weighted by atomic mass is 16.2. The van der Waals surface area contributed by atoms with Crippen LogP contribution in [-0.2, 0) is 11.2 Å². The zero-order chi connectivity index (χ0) is 9.68. The molecule has 0 bridgehead atoms. The third-order valence-electron chi connectivity index (χ3n) is 1.61. The number of nitrogens with zero attached hydrogens (tertiary/aromatic N) is 1. The Morgan fingerprint density at radius 1 is 1.92 bits per heavy atom. The minimum atomic E-state index is -0.682. The molecule has 1 heterocycles. The topological polar surface area (TPSA) is 78.0 Å². The molecule has 0 aliphatic rings. The molecule has 70 valence electrons. The number of hydrogen-bond acceptors (Lipinski definition) is 4. The van der Waals surface area contributed by atoms with Crippen LogP contribution in [0.15, 0.2) is 12.5 Å². The third-order valence-corrected chi connectivity index (χ3v) is 1.61. The van der Waals surface area contributed by atoms with Crippen molar-refractivity contribution in [2.75, 3.05) is 0 Å². The first-order valence-corrected chi connectivity index (χ1v) is 4.09. The molecule has 0 aromatic carbocycles. The Labute approximate surface area is 76.7 Å². The van der Waals surface area contributed by atoms with Gasteiger partial charge in [0.05, 0.1) is 12.4 Å². The smallest absolute Gasteiger partial charge is 0.374 e. The Morgan fingerprint density at radius 2 is 2.69 bits per heavy atom. The number of rotatable bonds is 5. The van der Waals surface area contributed by atoms with E-state index in [-0.39, 0.29) is 6.04 Å². The maximum Gasteiger partial charge on any atom is 0.374 e. The molecule has 1 atom stereocenters. The summed E-state index contributed by atoms with van der Waals surface area (Å²) in [6.45, 7) is 1.57. The predicted molar refractivity (Wildman–Crippen MR) is 49.1 cm³/mol. The third kappa shape index (κ3) is 3.39. The molecule has 1 rings (SSSR count). The Morgan fingerprint density at radius 3 is 3.15 bits per heavy atom. The van der Waals surface area contributed by atoms with Crippen molar-refractivity contribution < 1.29 is 9.82 Å². The van der Waals surface area contributed by atoms with E-state index >= 15 is 0 Å². The largest absolute Gasteiger partial charge is 0.437 e. The van der Waals surface area contributed by atoms with Gasteiger partial charge in [-0.25, -0.2) is 4.98 Å². The molecule has 0 radical (unpaired) electrons. The summed E-state index contributed by atoms with van der Waals surface area (Å²) < 4.78 is 0. The maximum absolute atomic E-state index is 10.6. The van der Waals surface area contributed by atoms with Crippen LogP contribution < -0.4 is 5.23 Å². The molecular formula is C7H12BN3O2. The van der Waals surface area contributed by atoms with Crippen molar-refractivity contribution >= 4 is 13.3 Å². The summed E-state index contributed by atoms with van der Waals surface area (Å²) in [5.74, 6) is 0. The van der Waals surface area contributed by atoms with Crippen LogP contribution in [0.25, 0.3) is 0 Å². The summed E-state index contributed by atoms with van der Waals surface area (Å²) in [4.78, 5) is 17.3. The first-order chi connectivity index (χ1) is 6.22. The highest BCUT2D eigenvalue weighted by Crippen LogP contribution is 1.96. The summed E-state index contributed by atoms with van der Waals surface area (Å²) in [6.07, 6.45) is 4.49. The first-order valence-electron chi connectivity index (χ1n) is 4.09. The van der Waals surface area contributed by atoms with E-state index < -0.39 is 7.05 Å². The van der Waals surface area contributed by atoms with Crippen LogP contribution in [0.3, 0.4) is 0 Å². The van der Waals surface area contributed by atoms with Crippen LogP contribution in [-0.4, -0.2) is 34.4 Å². The van der Waals surface area contributed by atoms with Gasteiger partial charge in [-0.1, -0.05) is 0 Å². The normalized spacial score (nSPS) is 12.5. The van der Waals surface area contributed by atoms with E-state index in [1.54, 1.807) is 19.3 Å². The van der Waals surface area contributed by atoms with Crippen molar-refractivity contribution in [3.05, 3.63) is 18.2 Å². The summed E-state index contributed by atoms with van der Waals surface area (Å²) in [5, 5.41) is 11.7. The van der Waals surface area contributed by atoms with Gasteiger partial charge in [0.25, 0.3) is 0 Å². The molecule has 3 N–H and O–H groups in total. The number of carbonyl (C=O) groups is 1. The van der Waals surface area contributed by atoms with E-state index in [4.69, 9.17) is 5.02 Å². The van der Waals surface area contributed by atoms with Gasteiger partial charge in [-0.15, -0.1) is 0 Å². The Kier molecular flexibility index (Phi) is 3.66. The van der Waals surface area contributed by atoms with Crippen LogP contribution in [0, 0.1) is 0 Å². The molecule has 0 saturated heterocycles. The molecule has 0 spiro atoms. The van der Waals surface area contributed by atoms with Gasteiger partial charge in [0.15, 0.2) is 0 Å². The minimum Gasteiger partial charge on any atom is -0.437 e. The SMILES string of the molecule is CB(O)N[C@@H](C=O)Cc1cnc[nH]1. The number of aromatic amines is 1. The van der Waals surface area contributed by atoms with Crippen molar-refractivity contribution in [1.29, 1.82) is 0 Å². The van der Waals surface area contributed by atoms with Gasteiger partial charge in [0.2, 0.25) is 0 Å². The average molecular weight is 181 g/mol. The Hall–Kier alpha value is -1.14. The lowest BCUT2D eigenvalue weighted by atomic mass is 9.87. The monoisotopic (exact) mass is 181 g/mol. The second-order valence-corrected chi connectivity index (χ2v) is 2.87. The van der Waals surface area contributed by atoms with Crippen LogP contribution in [0.2, 0.25) is 6.82 Å². The van der Waals surface area contributed by atoms with Gasteiger partial charge in [-0.2, -0.15) is 0 Å². The summed E-state index contributed by atoms with van der Waals surface area (Å²) >= 11 is 0. The molecule has 0 aliphatic heterocycles. The lowest BCUT2D eigenvalue weighted by Gasteiger charge is -2.11. The fraction of sp³-hybridized carbons (Fsp3) is 0.429. The number of imidazole rings is 1. The van der Waals surface area contributed by atoms with Crippen molar-refractivity contribution in [3.8, 4) is 0 Å². The lowest BCUT2D eigenvalue weighted by molar-refractivity contribution is -0.109. The number of aldehydes is 1. The molecule has 13 heavy (non-hydrogen) atoms. The molecule has 1 aromatic rings. The van der Waals surface area contributed by atoms with Gasteiger partial charge in [0.1, 0.15) is 6.29 Å². The number of hydrogen-bond donors (Lipinski definition) is 3. The van der Waals surface area contributed by atoms with Crippen LogP contribution in [0.4, 0.5) is 0 Å². The quantitative estimate of drug-likeness (QED) is 0.411. The summed E-state index contributed by atoms with van der Waals surface area (Å²) in [5.41, 5.74) is 0.866. The Balaban J connectivity index is 2.45. The van der Waals surface area contributed by atoms with Crippen LogP contribution >= 0.6 is 0 Å². The minimum absolute atomic E-state index is 0.375. The van der Waals surface area contributed by atoms with Gasteiger partial charge in [-0.3, -0.25) is 0 Å². The van der Waals surface area contributed by atoms with E-state index in [2.05, 4.69) is 15.2 Å². The number of aromatic nitrogens is 2. The zero-order valence-electron chi connectivity index (χ0n) is 7.40. The van der Waals surface area contributed by atoms with Gasteiger partial charge in [0, 0.05) is 18.3 Å². The molecule has 0 fully saturated rings. The maximum atomic E-state index is 10.6.